The third-order valence-electron chi connectivity index (χ3n) is 1.20. The smallest absolute Gasteiger partial charge is 0.302 e. The van der Waals surface area contributed by atoms with Crippen molar-refractivity contribution in [2.45, 2.75) is 20.8 Å². The van der Waals surface area contributed by atoms with Crippen molar-refractivity contribution in [3.63, 3.8) is 0 Å². The number of hydrogen-bond acceptors (Lipinski definition) is 2. The van der Waals surface area contributed by atoms with Crippen molar-refractivity contribution in [3.05, 3.63) is 12.7 Å². The first-order valence-electron chi connectivity index (χ1n) is 3.25. The lowest BCUT2D eigenvalue weighted by atomic mass is 9.95. The predicted molar refractivity (Wildman–Crippen MR) is 40.6 cm³/mol. The zero-order valence-corrected chi connectivity index (χ0v) is 6.81. The lowest BCUT2D eigenvalue weighted by Gasteiger charge is -2.18. The first-order chi connectivity index (χ1) is 4.48. The number of carbonyl (C=O) groups is 1. The zero-order chi connectivity index (χ0) is 8.20. The van der Waals surface area contributed by atoms with E-state index in [4.69, 9.17) is 4.74 Å². The predicted octanol–water partition coefficient (Wildman–Crippen LogP) is 1.76. The number of esters is 1. The van der Waals surface area contributed by atoms with Crippen LogP contribution in [-0.4, -0.2) is 12.6 Å². The molecule has 0 saturated carbocycles. The molecule has 0 aromatic carbocycles. The van der Waals surface area contributed by atoms with E-state index in [0.717, 1.165) is 0 Å². The van der Waals surface area contributed by atoms with Crippen LogP contribution in [0.5, 0.6) is 0 Å². The molecule has 0 amide bonds. The van der Waals surface area contributed by atoms with E-state index in [0.29, 0.717) is 6.61 Å². The fourth-order valence-corrected chi connectivity index (χ4v) is 0.347. The molecule has 2 nitrogen and oxygen atoms in total. The molecule has 0 saturated heterocycles. The molecular formula is C8H14O2. The molecule has 0 aromatic rings. The van der Waals surface area contributed by atoms with Crippen molar-refractivity contribution < 1.29 is 9.53 Å². The van der Waals surface area contributed by atoms with Crippen LogP contribution in [0.1, 0.15) is 20.8 Å². The van der Waals surface area contributed by atoms with Gasteiger partial charge in [-0.25, -0.2) is 0 Å². The molecule has 0 rings (SSSR count). The molecule has 0 aliphatic carbocycles. The van der Waals surface area contributed by atoms with Gasteiger partial charge in [-0.05, 0) is 0 Å². The molecule has 2 heteroatoms. The monoisotopic (exact) mass is 142 g/mol. The second-order valence-corrected chi connectivity index (χ2v) is 2.97. The highest BCUT2D eigenvalue weighted by Gasteiger charge is 2.13. The standard InChI is InChI=1S/C8H14O2/c1-5-8(3,4)6-10-7(2)9/h5H,1,6H2,2-4H3. The van der Waals surface area contributed by atoms with Gasteiger partial charge in [-0.1, -0.05) is 19.9 Å². The molecule has 58 valence electrons. The highest BCUT2D eigenvalue weighted by molar-refractivity contribution is 5.65. The van der Waals surface area contributed by atoms with Crippen molar-refractivity contribution in [2.75, 3.05) is 6.61 Å². The van der Waals surface area contributed by atoms with Gasteiger partial charge in [-0.2, -0.15) is 0 Å². The van der Waals surface area contributed by atoms with Crippen LogP contribution in [0.4, 0.5) is 0 Å². The van der Waals surface area contributed by atoms with E-state index in [2.05, 4.69) is 6.58 Å². The van der Waals surface area contributed by atoms with Crippen molar-refractivity contribution in [1.82, 2.24) is 0 Å². The Labute approximate surface area is 61.9 Å². The molecular weight excluding hydrogens is 128 g/mol. The molecule has 0 aromatic heterocycles. The van der Waals surface area contributed by atoms with Crippen LogP contribution in [0.25, 0.3) is 0 Å². The summed E-state index contributed by atoms with van der Waals surface area (Å²) < 4.78 is 4.79. The lowest BCUT2D eigenvalue weighted by Crippen LogP contribution is -2.17. The Morgan fingerprint density at radius 3 is 2.50 bits per heavy atom. The largest absolute Gasteiger partial charge is 0.465 e. The zero-order valence-electron chi connectivity index (χ0n) is 6.81. The normalized spacial score (nSPS) is 10.7. The van der Waals surface area contributed by atoms with E-state index in [1.165, 1.54) is 6.92 Å². The van der Waals surface area contributed by atoms with Crippen LogP contribution in [0, 0.1) is 5.41 Å². The summed E-state index contributed by atoms with van der Waals surface area (Å²) in [5, 5.41) is 0. The molecule has 0 fully saturated rings. The van der Waals surface area contributed by atoms with Gasteiger partial charge < -0.3 is 4.74 Å². The fraction of sp³-hybridized carbons (Fsp3) is 0.625. The van der Waals surface area contributed by atoms with E-state index in [1.54, 1.807) is 6.08 Å². The van der Waals surface area contributed by atoms with Gasteiger partial charge in [-0.3, -0.25) is 4.79 Å². The Morgan fingerprint density at radius 1 is 1.70 bits per heavy atom. The SMILES string of the molecule is C=CC(C)(C)COC(C)=O. The van der Waals surface area contributed by atoms with E-state index in [1.807, 2.05) is 13.8 Å². The van der Waals surface area contributed by atoms with Crippen molar-refractivity contribution in [1.29, 1.82) is 0 Å². The van der Waals surface area contributed by atoms with E-state index in [-0.39, 0.29) is 11.4 Å². The first kappa shape index (κ1) is 9.21. The van der Waals surface area contributed by atoms with Crippen molar-refractivity contribution in [2.24, 2.45) is 5.41 Å². The van der Waals surface area contributed by atoms with Crippen LogP contribution in [0.15, 0.2) is 12.7 Å². The third kappa shape index (κ3) is 4.13. The number of hydrogen-bond donors (Lipinski definition) is 0. The first-order valence-corrected chi connectivity index (χ1v) is 3.25. The molecule has 0 heterocycles. The topological polar surface area (TPSA) is 26.3 Å². The van der Waals surface area contributed by atoms with Crippen LogP contribution in [-0.2, 0) is 9.53 Å². The Kier molecular flexibility index (Phi) is 3.13. The molecule has 0 unspecified atom stereocenters. The van der Waals surface area contributed by atoms with Gasteiger partial charge in [0.1, 0.15) is 0 Å². The van der Waals surface area contributed by atoms with Gasteiger partial charge in [0.15, 0.2) is 0 Å². The van der Waals surface area contributed by atoms with Gasteiger partial charge in [-0.15, -0.1) is 6.58 Å². The Morgan fingerprint density at radius 2 is 2.20 bits per heavy atom. The summed E-state index contributed by atoms with van der Waals surface area (Å²) >= 11 is 0. The van der Waals surface area contributed by atoms with E-state index < -0.39 is 0 Å². The minimum absolute atomic E-state index is 0.105. The van der Waals surface area contributed by atoms with Crippen LogP contribution in [0.2, 0.25) is 0 Å². The third-order valence-corrected chi connectivity index (χ3v) is 1.20. The molecule has 0 aliphatic heterocycles. The van der Waals surface area contributed by atoms with Crippen molar-refractivity contribution in [3.8, 4) is 0 Å². The van der Waals surface area contributed by atoms with Gasteiger partial charge >= 0.3 is 5.97 Å². The highest BCUT2D eigenvalue weighted by atomic mass is 16.5. The van der Waals surface area contributed by atoms with Crippen molar-refractivity contribution >= 4 is 5.97 Å². The maximum atomic E-state index is 10.3. The lowest BCUT2D eigenvalue weighted by molar-refractivity contribution is -0.143. The average Bonchev–Trinajstić information content (AvgIpc) is 1.85. The number of rotatable bonds is 3. The Hall–Kier alpha value is -0.790. The summed E-state index contributed by atoms with van der Waals surface area (Å²) in [6, 6.07) is 0. The quantitative estimate of drug-likeness (QED) is 0.443. The van der Waals surface area contributed by atoms with E-state index in [9.17, 15) is 4.79 Å². The number of carbonyl (C=O) groups excluding carboxylic acids is 1. The Balaban J connectivity index is 3.67. The molecule has 0 atom stereocenters. The summed E-state index contributed by atoms with van der Waals surface area (Å²) in [6.07, 6.45) is 1.77. The fourth-order valence-electron chi connectivity index (χ4n) is 0.347. The Bertz CT molecular complexity index is 136. The maximum Gasteiger partial charge on any atom is 0.302 e. The van der Waals surface area contributed by atoms with Crippen LogP contribution in [0.3, 0.4) is 0 Å². The summed E-state index contributed by atoms with van der Waals surface area (Å²) in [5.74, 6) is -0.241. The van der Waals surface area contributed by atoms with Crippen LogP contribution >= 0.6 is 0 Å². The second-order valence-electron chi connectivity index (χ2n) is 2.97. The second kappa shape index (κ2) is 3.40. The summed E-state index contributed by atoms with van der Waals surface area (Å²) in [7, 11) is 0. The minimum Gasteiger partial charge on any atom is -0.465 e. The molecule has 0 aliphatic rings. The summed E-state index contributed by atoms with van der Waals surface area (Å²) in [5.41, 5.74) is -0.105. The maximum absolute atomic E-state index is 10.3. The van der Waals surface area contributed by atoms with Gasteiger partial charge in [0.05, 0.1) is 6.61 Å². The van der Waals surface area contributed by atoms with Gasteiger partial charge in [0, 0.05) is 12.3 Å². The van der Waals surface area contributed by atoms with Gasteiger partial charge in [0.2, 0.25) is 0 Å². The van der Waals surface area contributed by atoms with Crippen LogP contribution < -0.4 is 0 Å². The average molecular weight is 142 g/mol. The molecule has 10 heavy (non-hydrogen) atoms. The molecule has 0 N–H and O–H groups in total. The highest BCUT2D eigenvalue weighted by Crippen LogP contribution is 2.15. The van der Waals surface area contributed by atoms with Gasteiger partial charge in [0.25, 0.3) is 0 Å². The molecule has 0 bridgehead atoms. The summed E-state index contributed by atoms with van der Waals surface area (Å²) in [6.45, 7) is 9.35. The molecule has 0 radical (unpaired) electrons. The summed E-state index contributed by atoms with van der Waals surface area (Å²) in [4.78, 5) is 10.3. The number of ether oxygens (including phenoxy) is 1. The molecule has 0 spiro atoms. The minimum atomic E-state index is -0.241. The van der Waals surface area contributed by atoms with E-state index >= 15 is 0 Å².